The number of H-pyrrole nitrogens is 1. The quantitative estimate of drug-likeness (QED) is 0.352. The van der Waals surface area contributed by atoms with E-state index < -0.39 is 6.36 Å². The summed E-state index contributed by atoms with van der Waals surface area (Å²) in [5, 5.41) is 0.555. The van der Waals surface area contributed by atoms with E-state index in [0.29, 0.717) is 33.3 Å². The zero-order valence-electron chi connectivity index (χ0n) is 16.8. The Labute approximate surface area is 180 Å². The van der Waals surface area contributed by atoms with E-state index in [2.05, 4.69) is 19.7 Å². The minimum absolute atomic E-state index is 0.0870. The van der Waals surface area contributed by atoms with E-state index >= 15 is 0 Å². The number of alkyl halides is 3. The fraction of sp³-hybridized carbons (Fsp3) is 0.0870. The maximum Gasteiger partial charge on any atom is 0.573 e. The van der Waals surface area contributed by atoms with Crippen molar-refractivity contribution in [3.05, 3.63) is 88.3 Å². The number of aliphatic imine (C=N–C) groups is 1. The van der Waals surface area contributed by atoms with Crippen molar-refractivity contribution in [2.24, 2.45) is 10.7 Å². The largest absolute Gasteiger partial charge is 0.573 e. The molecular formula is C23H17F3N4O2. The van der Waals surface area contributed by atoms with Crippen molar-refractivity contribution in [2.75, 3.05) is 0 Å². The first-order chi connectivity index (χ1) is 15.2. The maximum absolute atomic E-state index is 12.6. The van der Waals surface area contributed by atoms with Crippen LogP contribution in [0, 0.1) is 6.92 Å². The summed E-state index contributed by atoms with van der Waals surface area (Å²) < 4.78 is 40.9. The number of aromatic nitrogens is 2. The summed E-state index contributed by atoms with van der Waals surface area (Å²) in [5.74, 6) is 0.0569. The monoisotopic (exact) mass is 438 g/mol. The molecule has 0 spiro atoms. The third kappa shape index (κ3) is 4.46. The van der Waals surface area contributed by atoms with Crippen molar-refractivity contribution in [3.8, 4) is 16.9 Å². The minimum Gasteiger partial charge on any atom is -0.406 e. The Kier molecular flexibility index (Phi) is 5.40. The number of fused-ring (bicyclic) bond motifs is 1. The second-order valence-corrected chi connectivity index (χ2v) is 6.97. The van der Waals surface area contributed by atoms with Gasteiger partial charge >= 0.3 is 6.36 Å². The number of hydrogen-bond acceptors (Lipinski definition) is 4. The third-order valence-electron chi connectivity index (χ3n) is 4.80. The molecule has 0 amide bonds. The van der Waals surface area contributed by atoms with Gasteiger partial charge in [-0.15, -0.1) is 13.2 Å². The molecule has 0 fully saturated rings. The van der Waals surface area contributed by atoms with Crippen molar-refractivity contribution in [1.82, 2.24) is 9.97 Å². The Morgan fingerprint density at radius 1 is 1.06 bits per heavy atom. The Morgan fingerprint density at radius 3 is 2.50 bits per heavy atom. The molecule has 2 heterocycles. The molecule has 0 atom stereocenters. The first kappa shape index (κ1) is 21.1. The lowest BCUT2D eigenvalue weighted by Crippen LogP contribution is -2.21. The number of ether oxygens (including phenoxy) is 1. The minimum atomic E-state index is -4.75. The van der Waals surface area contributed by atoms with Crippen molar-refractivity contribution >= 4 is 22.6 Å². The first-order valence-electron chi connectivity index (χ1n) is 9.50. The second-order valence-electron chi connectivity index (χ2n) is 6.97. The van der Waals surface area contributed by atoms with Gasteiger partial charge in [-0.1, -0.05) is 24.3 Å². The van der Waals surface area contributed by atoms with Crippen LogP contribution in [0.25, 0.3) is 22.0 Å². The van der Waals surface area contributed by atoms with Gasteiger partial charge in [-0.25, -0.2) is 9.98 Å². The summed E-state index contributed by atoms with van der Waals surface area (Å²) in [7, 11) is 0. The van der Waals surface area contributed by atoms with E-state index in [-0.39, 0.29) is 22.8 Å². The van der Waals surface area contributed by atoms with Crippen LogP contribution in [0.4, 0.5) is 19.0 Å². The number of nitrogens with two attached hydrogens (primary N) is 1. The van der Waals surface area contributed by atoms with Crippen LogP contribution in [-0.2, 0) is 0 Å². The standard InChI is InChI=1S/C23H17F3N4O2/c1-13-20(29-18-5-3-2-4-17(18)21(13)31)22(27)30-19-12-15(10-11-28-19)14-6-8-16(9-7-14)32-23(24,25)26/h2-12H,1H3,(H,29,31)(H2,27,28,30). The van der Waals surface area contributed by atoms with Crippen molar-refractivity contribution in [3.63, 3.8) is 0 Å². The molecule has 162 valence electrons. The lowest BCUT2D eigenvalue weighted by Gasteiger charge is -2.10. The normalized spacial score (nSPS) is 12.2. The zero-order chi connectivity index (χ0) is 22.9. The Balaban J connectivity index is 1.66. The molecule has 0 bridgehead atoms. The number of halogens is 3. The van der Waals surface area contributed by atoms with Crippen LogP contribution in [0.1, 0.15) is 11.3 Å². The summed E-state index contributed by atoms with van der Waals surface area (Å²) in [5.41, 5.74) is 8.82. The van der Waals surface area contributed by atoms with Crippen molar-refractivity contribution in [1.29, 1.82) is 0 Å². The molecule has 9 heteroatoms. The van der Waals surface area contributed by atoms with Gasteiger partial charge in [0.05, 0.1) is 5.69 Å². The Bertz CT molecular complexity index is 1380. The number of amidine groups is 1. The number of aromatic amines is 1. The van der Waals surface area contributed by atoms with Crippen LogP contribution in [0.3, 0.4) is 0 Å². The van der Waals surface area contributed by atoms with Gasteiger partial charge in [-0.2, -0.15) is 0 Å². The lowest BCUT2D eigenvalue weighted by molar-refractivity contribution is -0.274. The molecule has 2 aromatic heterocycles. The molecular weight excluding hydrogens is 421 g/mol. The second kappa shape index (κ2) is 8.18. The highest BCUT2D eigenvalue weighted by Crippen LogP contribution is 2.27. The molecule has 4 aromatic rings. The third-order valence-corrected chi connectivity index (χ3v) is 4.80. The van der Waals surface area contributed by atoms with Gasteiger partial charge in [-0.3, -0.25) is 4.79 Å². The molecule has 6 nitrogen and oxygen atoms in total. The average Bonchev–Trinajstić information content (AvgIpc) is 2.76. The fourth-order valence-electron chi connectivity index (χ4n) is 3.28. The number of para-hydroxylation sites is 1. The summed E-state index contributed by atoms with van der Waals surface area (Å²) in [6.07, 6.45) is -3.24. The molecule has 0 saturated heterocycles. The van der Waals surface area contributed by atoms with E-state index in [4.69, 9.17) is 5.73 Å². The maximum atomic E-state index is 12.6. The Morgan fingerprint density at radius 2 is 1.78 bits per heavy atom. The summed E-state index contributed by atoms with van der Waals surface area (Å²) in [4.78, 5) is 24.3. The molecule has 3 N–H and O–H groups in total. The number of rotatable bonds is 4. The van der Waals surface area contributed by atoms with Crippen LogP contribution >= 0.6 is 0 Å². The molecule has 0 aliphatic heterocycles. The van der Waals surface area contributed by atoms with E-state index in [1.54, 1.807) is 43.3 Å². The van der Waals surface area contributed by atoms with Gasteiger partial charge in [0.2, 0.25) is 0 Å². The molecule has 4 rings (SSSR count). The van der Waals surface area contributed by atoms with Crippen molar-refractivity contribution < 1.29 is 17.9 Å². The molecule has 32 heavy (non-hydrogen) atoms. The topological polar surface area (TPSA) is 93.4 Å². The Hall–Kier alpha value is -4.14. The van der Waals surface area contributed by atoms with Crippen LogP contribution in [0.2, 0.25) is 0 Å². The SMILES string of the molecule is Cc1c(C(N)=Nc2cc(-c3ccc(OC(F)(F)F)cc3)ccn2)[nH]c2ccccc2c1=O. The first-order valence-corrected chi connectivity index (χ1v) is 9.50. The number of nitrogens with one attached hydrogen (secondary N) is 1. The highest BCUT2D eigenvalue weighted by molar-refractivity contribution is 6.00. The van der Waals surface area contributed by atoms with Crippen LogP contribution < -0.4 is 15.9 Å². The summed E-state index contributed by atoms with van der Waals surface area (Å²) in [6, 6.07) is 15.9. The van der Waals surface area contributed by atoms with Gasteiger partial charge in [0.15, 0.2) is 11.2 Å². The van der Waals surface area contributed by atoms with E-state index in [1.165, 1.54) is 30.5 Å². The van der Waals surface area contributed by atoms with E-state index in [9.17, 15) is 18.0 Å². The van der Waals surface area contributed by atoms with Crippen molar-refractivity contribution in [2.45, 2.75) is 13.3 Å². The fourth-order valence-corrected chi connectivity index (χ4v) is 3.28. The van der Waals surface area contributed by atoms with E-state index in [1.807, 2.05) is 0 Å². The molecule has 0 aliphatic rings. The lowest BCUT2D eigenvalue weighted by atomic mass is 10.1. The predicted octanol–water partition coefficient (Wildman–Crippen LogP) is 4.83. The number of nitrogens with zero attached hydrogens (tertiary/aromatic N) is 2. The van der Waals surface area contributed by atoms with Gasteiger partial charge in [0, 0.05) is 22.7 Å². The van der Waals surface area contributed by atoms with Gasteiger partial charge < -0.3 is 15.5 Å². The molecule has 0 saturated carbocycles. The number of benzene rings is 2. The van der Waals surface area contributed by atoms with E-state index in [0.717, 1.165) is 0 Å². The van der Waals surface area contributed by atoms with Crippen LogP contribution in [0.5, 0.6) is 5.75 Å². The zero-order valence-corrected chi connectivity index (χ0v) is 16.8. The molecule has 0 radical (unpaired) electrons. The van der Waals surface area contributed by atoms with Gasteiger partial charge in [0.1, 0.15) is 11.6 Å². The van der Waals surface area contributed by atoms with Gasteiger partial charge in [-0.05, 0) is 54.4 Å². The summed E-state index contributed by atoms with van der Waals surface area (Å²) >= 11 is 0. The smallest absolute Gasteiger partial charge is 0.406 e. The summed E-state index contributed by atoms with van der Waals surface area (Å²) in [6.45, 7) is 1.66. The van der Waals surface area contributed by atoms with Gasteiger partial charge in [0.25, 0.3) is 0 Å². The number of hydrogen-bond donors (Lipinski definition) is 2. The predicted molar refractivity (Wildman–Crippen MR) is 116 cm³/mol. The highest BCUT2D eigenvalue weighted by Gasteiger charge is 2.30. The molecule has 0 aliphatic carbocycles. The number of pyridine rings is 2. The van der Waals surface area contributed by atoms with Crippen LogP contribution in [-0.4, -0.2) is 22.2 Å². The highest BCUT2D eigenvalue weighted by atomic mass is 19.4. The average molecular weight is 438 g/mol. The molecule has 2 aromatic carbocycles. The van der Waals surface area contributed by atoms with Crippen LogP contribution in [0.15, 0.2) is 76.6 Å². The molecule has 0 unspecified atom stereocenters.